The fourth-order valence-corrected chi connectivity index (χ4v) is 2.26. The molecule has 0 radical (unpaired) electrons. The van der Waals surface area contributed by atoms with Crippen molar-refractivity contribution in [3.05, 3.63) is 29.8 Å². The molecule has 1 aromatic rings. The summed E-state index contributed by atoms with van der Waals surface area (Å²) in [7, 11) is 0. The molecule has 0 atom stereocenters. The first-order valence-electron chi connectivity index (χ1n) is 6.74. The van der Waals surface area contributed by atoms with Crippen molar-refractivity contribution in [3.8, 4) is 5.75 Å². The first-order valence-corrected chi connectivity index (χ1v) is 6.74. The van der Waals surface area contributed by atoms with Gasteiger partial charge in [-0.3, -0.25) is 4.79 Å². The summed E-state index contributed by atoms with van der Waals surface area (Å²) in [5.74, 6) is 1.21. The molecule has 0 aliphatic heterocycles. The average Bonchev–Trinajstić information content (AvgIpc) is 3.20. The first kappa shape index (κ1) is 13.9. The fourth-order valence-electron chi connectivity index (χ4n) is 2.26. The Labute approximate surface area is 114 Å². The van der Waals surface area contributed by atoms with Crippen LogP contribution in [-0.4, -0.2) is 18.1 Å². The molecule has 4 heteroatoms. The van der Waals surface area contributed by atoms with E-state index in [9.17, 15) is 4.79 Å². The van der Waals surface area contributed by atoms with Gasteiger partial charge < -0.3 is 15.8 Å². The van der Waals surface area contributed by atoms with Gasteiger partial charge in [-0.25, -0.2) is 0 Å². The number of rotatable bonds is 6. The highest BCUT2D eigenvalue weighted by molar-refractivity contribution is 5.78. The maximum absolute atomic E-state index is 11.9. The van der Waals surface area contributed by atoms with Crippen molar-refractivity contribution in [2.24, 2.45) is 11.7 Å². The van der Waals surface area contributed by atoms with Crippen LogP contribution in [0.5, 0.6) is 5.75 Å². The largest absolute Gasteiger partial charge is 0.483 e. The predicted octanol–water partition coefficient (Wildman–Crippen LogP) is 1.83. The van der Waals surface area contributed by atoms with Crippen molar-refractivity contribution in [3.63, 3.8) is 0 Å². The molecule has 1 amide bonds. The van der Waals surface area contributed by atoms with Crippen LogP contribution in [0.3, 0.4) is 0 Å². The van der Waals surface area contributed by atoms with Crippen LogP contribution < -0.4 is 15.8 Å². The molecule has 1 saturated carbocycles. The van der Waals surface area contributed by atoms with Crippen molar-refractivity contribution >= 4 is 5.91 Å². The van der Waals surface area contributed by atoms with E-state index in [2.05, 4.69) is 19.2 Å². The van der Waals surface area contributed by atoms with Crippen LogP contribution in [0.2, 0.25) is 0 Å². The number of nitrogens with one attached hydrogen (secondary N) is 1. The number of amides is 1. The number of carbonyl (C=O) groups excluding carboxylic acids is 1. The predicted molar refractivity (Wildman–Crippen MR) is 74.8 cm³/mol. The van der Waals surface area contributed by atoms with E-state index in [0.717, 1.165) is 5.56 Å². The summed E-state index contributed by atoms with van der Waals surface area (Å²) in [5, 5.41) is 3.03. The lowest BCUT2D eigenvalue weighted by Gasteiger charge is -2.26. The second kappa shape index (κ2) is 5.61. The molecule has 3 N–H and O–H groups in total. The molecule has 1 fully saturated rings. The molecule has 2 rings (SSSR count). The molecule has 104 valence electrons. The molecular weight excluding hydrogens is 240 g/mol. The van der Waals surface area contributed by atoms with Crippen LogP contribution in [0.1, 0.15) is 32.3 Å². The van der Waals surface area contributed by atoms with E-state index in [0.29, 0.717) is 18.2 Å². The number of benzene rings is 1. The first-order chi connectivity index (χ1) is 9.03. The SMILES string of the molecule is CC(C)(NC(=O)COc1ccccc1CN)C1CC1. The van der Waals surface area contributed by atoms with Gasteiger partial charge >= 0.3 is 0 Å². The zero-order valence-electron chi connectivity index (χ0n) is 11.6. The third kappa shape index (κ3) is 3.70. The zero-order valence-corrected chi connectivity index (χ0v) is 11.6. The zero-order chi connectivity index (χ0) is 13.9. The van der Waals surface area contributed by atoms with E-state index in [4.69, 9.17) is 10.5 Å². The standard InChI is InChI=1S/C15H22N2O2/c1-15(2,12-7-8-12)17-14(18)10-19-13-6-4-3-5-11(13)9-16/h3-6,12H,7-10,16H2,1-2H3,(H,17,18). The van der Waals surface area contributed by atoms with Crippen LogP contribution in [0.15, 0.2) is 24.3 Å². The van der Waals surface area contributed by atoms with Crippen molar-refractivity contribution < 1.29 is 9.53 Å². The Balaban J connectivity index is 1.86. The number of para-hydroxylation sites is 1. The number of nitrogens with two attached hydrogens (primary N) is 1. The Morgan fingerprint density at radius 1 is 1.42 bits per heavy atom. The van der Waals surface area contributed by atoms with Crippen LogP contribution in [-0.2, 0) is 11.3 Å². The number of hydrogen-bond acceptors (Lipinski definition) is 3. The van der Waals surface area contributed by atoms with E-state index in [-0.39, 0.29) is 18.1 Å². The molecule has 1 aliphatic rings. The molecule has 1 aliphatic carbocycles. The average molecular weight is 262 g/mol. The van der Waals surface area contributed by atoms with Crippen molar-refractivity contribution in [1.29, 1.82) is 0 Å². The highest BCUT2D eigenvalue weighted by Gasteiger charge is 2.38. The van der Waals surface area contributed by atoms with E-state index in [1.807, 2.05) is 24.3 Å². The van der Waals surface area contributed by atoms with E-state index in [1.54, 1.807) is 0 Å². The second-order valence-corrected chi connectivity index (χ2v) is 5.64. The number of hydrogen-bond donors (Lipinski definition) is 2. The van der Waals surface area contributed by atoms with E-state index in [1.165, 1.54) is 12.8 Å². The number of ether oxygens (including phenoxy) is 1. The van der Waals surface area contributed by atoms with Gasteiger partial charge in [0.25, 0.3) is 5.91 Å². The van der Waals surface area contributed by atoms with Gasteiger partial charge in [-0.15, -0.1) is 0 Å². The van der Waals surface area contributed by atoms with Crippen LogP contribution in [0.25, 0.3) is 0 Å². The fraction of sp³-hybridized carbons (Fsp3) is 0.533. The summed E-state index contributed by atoms with van der Waals surface area (Å²) in [4.78, 5) is 11.9. The van der Waals surface area contributed by atoms with Gasteiger partial charge in [0.1, 0.15) is 5.75 Å². The second-order valence-electron chi connectivity index (χ2n) is 5.64. The molecule has 0 spiro atoms. The highest BCUT2D eigenvalue weighted by Crippen LogP contribution is 2.39. The van der Waals surface area contributed by atoms with Crippen molar-refractivity contribution in [1.82, 2.24) is 5.32 Å². The molecule has 19 heavy (non-hydrogen) atoms. The van der Waals surface area contributed by atoms with Gasteiger partial charge in [0.15, 0.2) is 6.61 Å². The highest BCUT2D eigenvalue weighted by atomic mass is 16.5. The molecule has 0 aromatic heterocycles. The molecular formula is C15H22N2O2. The van der Waals surface area contributed by atoms with Gasteiger partial charge in [-0.1, -0.05) is 18.2 Å². The van der Waals surface area contributed by atoms with Crippen molar-refractivity contribution in [2.45, 2.75) is 38.8 Å². The van der Waals surface area contributed by atoms with Gasteiger partial charge in [-0.05, 0) is 38.7 Å². The van der Waals surface area contributed by atoms with E-state index >= 15 is 0 Å². The van der Waals surface area contributed by atoms with Crippen LogP contribution in [0.4, 0.5) is 0 Å². The normalized spacial score (nSPS) is 15.1. The Morgan fingerprint density at radius 3 is 2.74 bits per heavy atom. The summed E-state index contributed by atoms with van der Waals surface area (Å²) >= 11 is 0. The third-order valence-electron chi connectivity index (χ3n) is 3.61. The maximum atomic E-state index is 11.9. The monoisotopic (exact) mass is 262 g/mol. The summed E-state index contributed by atoms with van der Waals surface area (Å²) in [6.07, 6.45) is 2.40. The lowest BCUT2D eigenvalue weighted by Crippen LogP contribution is -2.47. The molecule has 0 saturated heterocycles. The number of carbonyl (C=O) groups is 1. The van der Waals surface area contributed by atoms with Gasteiger partial charge in [0, 0.05) is 17.6 Å². The van der Waals surface area contributed by atoms with Crippen molar-refractivity contribution in [2.75, 3.05) is 6.61 Å². The Kier molecular flexibility index (Phi) is 4.10. The summed E-state index contributed by atoms with van der Waals surface area (Å²) in [5.41, 5.74) is 6.41. The minimum atomic E-state index is -0.131. The van der Waals surface area contributed by atoms with E-state index < -0.39 is 0 Å². The molecule has 0 unspecified atom stereocenters. The summed E-state index contributed by atoms with van der Waals surface area (Å²) in [6.45, 7) is 4.57. The summed E-state index contributed by atoms with van der Waals surface area (Å²) in [6, 6.07) is 7.52. The molecule has 0 heterocycles. The van der Waals surface area contributed by atoms with Crippen LogP contribution in [0, 0.1) is 5.92 Å². The van der Waals surface area contributed by atoms with Gasteiger partial charge in [0.05, 0.1) is 0 Å². The maximum Gasteiger partial charge on any atom is 0.258 e. The lowest BCUT2D eigenvalue weighted by molar-refractivity contribution is -0.124. The Bertz CT molecular complexity index is 453. The Hall–Kier alpha value is -1.55. The molecule has 4 nitrogen and oxygen atoms in total. The van der Waals surface area contributed by atoms with Gasteiger partial charge in [-0.2, -0.15) is 0 Å². The molecule has 0 bridgehead atoms. The minimum Gasteiger partial charge on any atom is -0.483 e. The summed E-state index contributed by atoms with van der Waals surface area (Å²) < 4.78 is 5.54. The van der Waals surface area contributed by atoms with Gasteiger partial charge in [0.2, 0.25) is 0 Å². The topological polar surface area (TPSA) is 64.3 Å². The lowest BCUT2D eigenvalue weighted by atomic mass is 9.99. The Morgan fingerprint density at radius 2 is 2.11 bits per heavy atom. The molecule has 1 aromatic carbocycles. The minimum absolute atomic E-state index is 0.0349. The smallest absolute Gasteiger partial charge is 0.258 e. The third-order valence-corrected chi connectivity index (χ3v) is 3.61. The quantitative estimate of drug-likeness (QED) is 0.822. The van der Waals surface area contributed by atoms with Crippen LogP contribution >= 0.6 is 0 Å².